The van der Waals surface area contributed by atoms with Gasteiger partial charge in [0.2, 0.25) is 5.88 Å². The molecule has 5 nitrogen and oxygen atoms in total. The minimum Gasteiger partial charge on any atom is -0.476 e. The van der Waals surface area contributed by atoms with Gasteiger partial charge in [0.25, 0.3) is 0 Å². The Hall–Kier alpha value is -1.52. The molecule has 1 saturated carbocycles. The van der Waals surface area contributed by atoms with E-state index in [2.05, 4.69) is 22.2 Å². The van der Waals surface area contributed by atoms with Crippen molar-refractivity contribution in [1.82, 2.24) is 9.97 Å². The van der Waals surface area contributed by atoms with Gasteiger partial charge in [0.1, 0.15) is 12.0 Å². The second-order valence-corrected chi connectivity index (χ2v) is 5.08. The summed E-state index contributed by atoms with van der Waals surface area (Å²) in [5, 5.41) is 3.49. The van der Waals surface area contributed by atoms with Crippen LogP contribution in [-0.2, 0) is 0 Å². The lowest BCUT2D eigenvalue weighted by Gasteiger charge is -2.32. The van der Waals surface area contributed by atoms with Crippen molar-refractivity contribution in [2.45, 2.75) is 52.0 Å². The van der Waals surface area contributed by atoms with Crippen LogP contribution < -0.4 is 15.8 Å². The zero-order chi connectivity index (χ0) is 13.7. The Labute approximate surface area is 115 Å². The van der Waals surface area contributed by atoms with E-state index >= 15 is 0 Å². The summed E-state index contributed by atoms with van der Waals surface area (Å²) in [7, 11) is 0. The third kappa shape index (κ3) is 3.28. The Balaban J connectivity index is 2.11. The van der Waals surface area contributed by atoms with Crippen LogP contribution in [0.3, 0.4) is 0 Å². The highest BCUT2D eigenvalue weighted by Gasteiger charge is 2.24. The summed E-state index contributed by atoms with van der Waals surface area (Å²) in [6.07, 6.45) is 7.79. The van der Waals surface area contributed by atoms with Gasteiger partial charge in [-0.05, 0) is 25.7 Å². The zero-order valence-corrected chi connectivity index (χ0v) is 11.9. The van der Waals surface area contributed by atoms with E-state index in [0.717, 1.165) is 0 Å². The van der Waals surface area contributed by atoms with Crippen molar-refractivity contribution in [2.24, 2.45) is 5.92 Å². The van der Waals surface area contributed by atoms with Crippen LogP contribution in [0.1, 0.15) is 46.0 Å². The Morgan fingerprint density at radius 2 is 2.11 bits per heavy atom. The fourth-order valence-electron chi connectivity index (χ4n) is 2.81. The maximum Gasteiger partial charge on any atom is 0.242 e. The molecule has 0 amide bonds. The molecule has 1 aromatic heterocycles. The standard InChI is InChI=1S/C14H24N4O/c1-3-10-7-5-6-8-11(10)18-13-12(15)14(19-4-2)17-9-16-13/h9-11H,3-8,15H2,1-2H3,(H,16,17,18). The van der Waals surface area contributed by atoms with E-state index in [4.69, 9.17) is 10.5 Å². The third-order valence-electron chi connectivity index (χ3n) is 3.88. The van der Waals surface area contributed by atoms with E-state index < -0.39 is 0 Å². The number of anilines is 2. The fourth-order valence-corrected chi connectivity index (χ4v) is 2.81. The number of ether oxygens (including phenoxy) is 1. The summed E-state index contributed by atoms with van der Waals surface area (Å²) in [6, 6.07) is 0.463. The van der Waals surface area contributed by atoms with Gasteiger partial charge in [-0.15, -0.1) is 0 Å². The van der Waals surface area contributed by atoms with Crippen molar-refractivity contribution in [2.75, 3.05) is 17.7 Å². The number of nitrogens with two attached hydrogens (primary N) is 1. The first kappa shape index (κ1) is 13.9. The molecule has 0 aliphatic heterocycles. The molecule has 0 saturated heterocycles. The van der Waals surface area contributed by atoms with Crippen molar-refractivity contribution in [3.8, 4) is 5.88 Å². The van der Waals surface area contributed by atoms with E-state index in [-0.39, 0.29) is 0 Å². The van der Waals surface area contributed by atoms with Gasteiger partial charge >= 0.3 is 0 Å². The van der Waals surface area contributed by atoms with E-state index in [0.29, 0.717) is 36.0 Å². The second kappa shape index (κ2) is 6.59. The SMILES string of the molecule is CCOc1ncnc(NC2CCCCC2CC)c1N. The highest BCUT2D eigenvalue weighted by Crippen LogP contribution is 2.32. The molecule has 0 aromatic carbocycles. The summed E-state index contributed by atoms with van der Waals surface area (Å²) >= 11 is 0. The number of hydrogen-bond donors (Lipinski definition) is 2. The summed E-state index contributed by atoms with van der Waals surface area (Å²) in [5.74, 6) is 1.89. The monoisotopic (exact) mass is 264 g/mol. The molecule has 1 aliphatic rings. The fraction of sp³-hybridized carbons (Fsp3) is 0.714. The summed E-state index contributed by atoms with van der Waals surface area (Å²) in [4.78, 5) is 8.32. The zero-order valence-electron chi connectivity index (χ0n) is 11.9. The van der Waals surface area contributed by atoms with E-state index in [1.165, 1.54) is 38.4 Å². The maximum absolute atomic E-state index is 6.06. The lowest BCUT2D eigenvalue weighted by Crippen LogP contribution is -2.32. The smallest absolute Gasteiger partial charge is 0.242 e. The highest BCUT2D eigenvalue weighted by atomic mass is 16.5. The lowest BCUT2D eigenvalue weighted by molar-refractivity contribution is 0.315. The molecule has 5 heteroatoms. The predicted octanol–water partition coefficient (Wildman–Crippen LogP) is 2.84. The Morgan fingerprint density at radius 1 is 1.32 bits per heavy atom. The van der Waals surface area contributed by atoms with Gasteiger partial charge in [0.15, 0.2) is 5.82 Å². The number of nitrogen functional groups attached to an aromatic ring is 1. The Bertz CT molecular complexity index is 410. The topological polar surface area (TPSA) is 73.1 Å². The molecule has 1 heterocycles. The first-order valence-corrected chi connectivity index (χ1v) is 7.26. The minimum absolute atomic E-state index is 0.463. The van der Waals surface area contributed by atoms with Crippen LogP contribution in [0.25, 0.3) is 0 Å². The second-order valence-electron chi connectivity index (χ2n) is 5.08. The molecule has 2 unspecified atom stereocenters. The molecule has 1 aliphatic carbocycles. The normalized spacial score (nSPS) is 23.1. The van der Waals surface area contributed by atoms with Crippen LogP contribution in [0.2, 0.25) is 0 Å². The van der Waals surface area contributed by atoms with Gasteiger partial charge in [-0.25, -0.2) is 4.98 Å². The van der Waals surface area contributed by atoms with Gasteiger partial charge in [-0.2, -0.15) is 4.98 Å². The van der Waals surface area contributed by atoms with Crippen LogP contribution in [0.4, 0.5) is 11.5 Å². The van der Waals surface area contributed by atoms with Gasteiger partial charge in [-0.3, -0.25) is 0 Å². The van der Waals surface area contributed by atoms with Crippen LogP contribution in [-0.4, -0.2) is 22.6 Å². The summed E-state index contributed by atoms with van der Waals surface area (Å²) < 4.78 is 5.40. The number of rotatable bonds is 5. The minimum atomic E-state index is 0.463. The number of nitrogens with one attached hydrogen (secondary N) is 1. The molecule has 106 valence electrons. The quantitative estimate of drug-likeness (QED) is 0.855. The van der Waals surface area contributed by atoms with Crippen molar-refractivity contribution in [1.29, 1.82) is 0 Å². The van der Waals surface area contributed by atoms with E-state index in [1.807, 2.05) is 6.92 Å². The number of aromatic nitrogens is 2. The average Bonchev–Trinajstić information content (AvgIpc) is 2.44. The van der Waals surface area contributed by atoms with Crippen LogP contribution in [0.5, 0.6) is 5.88 Å². The van der Waals surface area contributed by atoms with Gasteiger partial charge in [0.05, 0.1) is 6.61 Å². The predicted molar refractivity (Wildman–Crippen MR) is 77.3 cm³/mol. The van der Waals surface area contributed by atoms with Gasteiger partial charge in [-0.1, -0.05) is 26.2 Å². The lowest BCUT2D eigenvalue weighted by atomic mass is 9.83. The van der Waals surface area contributed by atoms with Crippen molar-refractivity contribution < 1.29 is 4.74 Å². The number of hydrogen-bond acceptors (Lipinski definition) is 5. The summed E-state index contributed by atoms with van der Waals surface area (Å²) in [5.41, 5.74) is 6.58. The number of nitrogens with zero attached hydrogens (tertiary/aromatic N) is 2. The van der Waals surface area contributed by atoms with Gasteiger partial charge < -0.3 is 15.8 Å². The van der Waals surface area contributed by atoms with Crippen molar-refractivity contribution >= 4 is 11.5 Å². The summed E-state index contributed by atoms with van der Waals surface area (Å²) in [6.45, 7) is 4.73. The van der Waals surface area contributed by atoms with E-state index in [9.17, 15) is 0 Å². The maximum atomic E-state index is 6.06. The van der Waals surface area contributed by atoms with Crippen LogP contribution >= 0.6 is 0 Å². The molecule has 3 N–H and O–H groups in total. The molecule has 0 spiro atoms. The van der Waals surface area contributed by atoms with Crippen LogP contribution in [0, 0.1) is 5.92 Å². The molecule has 0 radical (unpaired) electrons. The molecular formula is C14H24N4O. The molecule has 1 aromatic rings. The Kier molecular flexibility index (Phi) is 4.82. The Morgan fingerprint density at radius 3 is 2.84 bits per heavy atom. The molecule has 2 atom stereocenters. The molecule has 19 heavy (non-hydrogen) atoms. The highest BCUT2D eigenvalue weighted by molar-refractivity contribution is 5.66. The molecule has 2 rings (SSSR count). The largest absolute Gasteiger partial charge is 0.476 e. The molecule has 1 fully saturated rings. The average molecular weight is 264 g/mol. The van der Waals surface area contributed by atoms with Crippen molar-refractivity contribution in [3.05, 3.63) is 6.33 Å². The van der Waals surface area contributed by atoms with Crippen molar-refractivity contribution in [3.63, 3.8) is 0 Å². The van der Waals surface area contributed by atoms with Gasteiger partial charge in [0, 0.05) is 6.04 Å². The third-order valence-corrected chi connectivity index (χ3v) is 3.88. The molecule has 0 bridgehead atoms. The van der Waals surface area contributed by atoms with Crippen LogP contribution in [0.15, 0.2) is 6.33 Å². The first-order chi connectivity index (χ1) is 9.26. The van der Waals surface area contributed by atoms with E-state index in [1.54, 1.807) is 0 Å². The first-order valence-electron chi connectivity index (χ1n) is 7.26. The molecular weight excluding hydrogens is 240 g/mol.